The second kappa shape index (κ2) is 6.62. The highest BCUT2D eigenvalue weighted by Crippen LogP contribution is 2.29. The highest BCUT2D eigenvalue weighted by Gasteiger charge is 2.30. The molecule has 0 radical (unpaired) electrons. The molecule has 0 fully saturated rings. The first-order valence-corrected chi connectivity index (χ1v) is 8.72. The van der Waals surface area contributed by atoms with Crippen LogP contribution in [-0.4, -0.2) is 19.8 Å². The SMILES string of the molecule is CN(Cc1ccc(C(F)(F)F)cc1)S(=O)(=O)c1ccc(Br)cc1. The van der Waals surface area contributed by atoms with Crippen molar-refractivity contribution in [1.82, 2.24) is 4.31 Å². The fourth-order valence-corrected chi connectivity index (χ4v) is 3.35. The molecule has 0 N–H and O–H groups in total. The summed E-state index contributed by atoms with van der Waals surface area (Å²) < 4.78 is 64.2. The zero-order chi connectivity index (χ0) is 17.3. The van der Waals surface area contributed by atoms with Crippen molar-refractivity contribution >= 4 is 26.0 Å². The molecule has 8 heteroatoms. The number of alkyl halides is 3. The molecule has 0 amide bonds. The maximum Gasteiger partial charge on any atom is 0.416 e. The fourth-order valence-electron chi connectivity index (χ4n) is 1.93. The zero-order valence-corrected chi connectivity index (χ0v) is 14.4. The number of nitrogens with zero attached hydrogens (tertiary/aromatic N) is 1. The average Bonchev–Trinajstić information content (AvgIpc) is 2.47. The molecule has 0 aliphatic carbocycles. The Hall–Kier alpha value is -1.38. The fraction of sp³-hybridized carbons (Fsp3) is 0.200. The van der Waals surface area contributed by atoms with Gasteiger partial charge in [-0.15, -0.1) is 0 Å². The summed E-state index contributed by atoms with van der Waals surface area (Å²) in [6.45, 7) is -0.0173. The van der Waals surface area contributed by atoms with Gasteiger partial charge in [0.25, 0.3) is 0 Å². The summed E-state index contributed by atoms with van der Waals surface area (Å²) in [5, 5.41) is 0. The molecule has 0 spiro atoms. The Morgan fingerprint density at radius 1 is 1.00 bits per heavy atom. The molecule has 0 saturated heterocycles. The molecule has 0 atom stereocenters. The first-order valence-electron chi connectivity index (χ1n) is 6.49. The maximum atomic E-state index is 12.5. The number of halogens is 4. The van der Waals surface area contributed by atoms with Gasteiger partial charge in [-0.1, -0.05) is 28.1 Å². The second-order valence-electron chi connectivity index (χ2n) is 4.91. The molecule has 124 valence electrons. The predicted octanol–water partition coefficient (Wildman–Crippen LogP) is 4.29. The normalized spacial score (nSPS) is 12.6. The topological polar surface area (TPSA) is 37.4 Å². The molecule has 2 aromatic carbocycles. The van der Waals surface area contributed by atoms with Crippen molar-refractivity contribution in [3.8, 4) is 0 Å². The third kappa shape index (κ3) is 4.33. The predicted molar refractivity (Wildman–Crippen MR) is 84.2 cm³/mol. The second-order valence-corrected chi connectivity index (χ2v) is 7.87. The quantitative estimate of drug-likeness (QED) is 0.757. The Kier molecular flexibility index (Phi) is 5.17. The Balaban J connectivity index is 2.18. The van der Waals surface area contributed by atoms with Gasteiger partial charge >= 0.3 is 6.18 Å². The lowest BCUT2D eigenvalue weighted by atomic mass is 10.1. The number of benzene rings is 2. The highest BCUT2D eigenvalue weighted by atomic mass is 79.9. The molecule has 23 heavy (non-hydrogen) atoms. The molecule has 0 aliphatic rings. The monoisotopic (exact) mass is 407 g/mol. The standard InChI is InChI=1S/C15H13BrF3NO2S/c1-20(23(21,22)14-8-6-13(16)7-9-14)10-11-2-4-12(5-3-11)15(17,18)19/h2-9H,10H2,1H3. The smallest absolute Gasteiger partial charge is 0.207 e. The summed E-state index contributed by atoms with van der Waals surface area (Å²) in [5.41, 5.74) is -0.291. The molecule has 3 nitrogen and oxygen atoms in total. The van der Waals surface area contributed by atoms with E-state index in [2.05, 4.69) is 15.9 Å². The van der Waals surface area contributed by atoms with Gasteiger partial charge in [-0.05, 0) is 42.0 Å². The molecule has 0 unspecified atom stereocenters. The summed E-state index contributed by atoms with van der Waals surface area (Å²) in [7, 11) is -2.32. The molecule has 0 aromatic heterocycles. The van der Waals surface area contributed by atoms with Gasteiger partial charge in [-0.3, -0.25) is 0 Å². The van der Waals surface area contributed by atoms with E-state index in [-0.39, 0.29) is 11.4 Å². The van der Waals surface area contributed by atoms with E-state index in [0.717, 1.165) is 20.9 Å². The van der Waals surface area contributed by atoms with Crippen molar-refractivity contribution in [2.24, 2.45) is 0 Å². The van der Waals surface area contributed by atoms with Crippen LogP contribution in [0.4, 0.5) is 13.2 Å². The Morgan fingerprint density at radius 2 is 1.52 bits per heavy atom. The van der Waals surface area contributed by atoms with Gasteiger partial charge < -0.3 is 0 Å². The molecule has 0 saturated carbocycles. The van der Waals surface area contributed by atoms with Crippen LogP contribution >= 0.6 is 15.9 Å². The molecular weight excluding hydrogens is 395 g/mol. The van der Waals surface area contributed by atoms with E-state index in [4.69, 9.17) is 0 Å². The van der Waals surface area contributed by atoms with E-state index >= 15 is 0 Å². The zero-order valence-electron chi connectivity index (χ0n) is 12.0. The molecule has 2 aromatic rings. The third-order valence-electron chi connectivity index (χ3n) is 3.21. The van der Waals surface area contributed by atoms with Gasteiger partial charge in [-0.25, -0.2) is 8.42 Å². The van der Waals surface area contributed by atoms with Gasteiger partial charge in [0.2, 0.25) is 10.0 Å². The van der Waals surface area contributed by atoms with Crippen LogP contribution in [0, 0.1) is 0 Å². The van der Waals surface area contributed by atoms with E-state index in [0.29, 0.717) is 5.56 Å². The lowest BCUT2D eigenvalue weighted by Crippen LogP contribution is -2.26. The Bertz CT molecular complexity index is 772. The van der Waals surface area contributed by atoms with Crippen LogP contribution in [0.15, 0.2) is 57.9 Å². The van der Waals surface area contributed by atoms with Crippen molar-refractivity contribution < 1.29 is 21.6 Å². The molecule has 2 rings (SSSR count). The van der Waals surface area contributed by atoms with Crippen molar-refractivity contribution in [3.05, 3.63) is 64.1 Å². The van der Waals surface area contributed by atoms with Crippen LogP contribution in [0.3, 0.4) is 0 Å². The number of rotatable bonds is 4. The van der Waals surface area contributed by atoms with E-state index in [9.17, 15) is 21.6 Å². The largest absolute Gasteiger partial charge is 0.416 e. The van der Waals surface area contributed by atoms with Crippen molar-refractivity contribution in [1.29, 1.82) is 0 Å². The molecule has 0 heterocycles. The minimum Gasteiger partial charge on any atom is -0.207 e. The van der Waals surface area contributed by atoms with Crippen LogP contribution in [-0.2, 0) is 22.7 Å². The van der Waals surface area contributed by atoms with Gasteiger partial charge in [0.1, 0.15) is 0 Å². The Morgan fingerprint density at radius 3 is 2.00 bits per heavy atom. The van der Waals surface area contributed by atoms with Crippen LogP contribution in [0.5, 0.6) is 0 Å². The summed E-state index contributed by atoms with van der Waals surface area (Å²) in [4.78, 5) is 0.120. The molecule has 0 aliphatic heterocycles. The number of sulfonamides is 1. The number of hydrogen-bond donors (Lipinski definition) is 0. The van der Waals surface area contributed by atoms with Crippen molar-refractivity contribution in [3.63, 3.8) is 0 Å². The first kappa shape index (κ1) is 18.0. The first-order chi connectivity index (χ1) is 10.6. The lowest BCUT2D eigenvalue weighted by molar-refractivity contribution is -0.137. The molecular formula is C15H13BrF3NO2S. The maximum absolute atomic E-state index is 12.5. The highest BCUT2D eigenvalue weighted by molar-refractivity contribution is 9.10. The van der Waals surface area contributed by atoms with E-state index in [1.807, 2.05) is 0 Å². The van der Waals surface area contributed by atoms with Crippen LogP contribution in [0.25, 0.3) is 0 Å². The van der Waals surface area contributed by atoms with E-state index in [1.165, 1.54) is 31.3 Å². The lowest BCUT2D eigenvalue weighted by Gasteiger charge is -2.17. The van der Waals surface area contributed by atoms with Gasteiger partial charge in [-0.2, -0.15) is 17.5 Å². The summed E-state index contributed by atoms with van der Waals surface area (Å²) in [5.74, 6) is 0. The van der Waals surface area contributed by atoms with Gasteiger partial charge in [0.15, 0.2) is 0 Å². The third-order valence-corrected chi connectivity index (χ3v) is 5.55. The minimum absolute atomic E-state index is 0.0173. The average molecular weight is 408 g/mol. The van der Waals surface area contributed by atoms with Crippen LogP contribution < -0.4 is 0 Å². The summed E-state index contributed by atoms with van der Waals surface area (Å²) in [6.07, 6.45) is -4.41. The van der Waals surface area contributed by atoms with Crippen LogP contribution in [0.2, 0.25) is 0 Å². The van der Waals surface area contributed by atoms with Crippen molar-refractivity contribution in [2.75, 3.05) is 7.05 Å². The number of hydrogen-bond acceptors (Lipinski definition) is 2. The minimum atomic E-state index is -4.41. The summed E-state index contributed by atoms with van der Waals surface area (Å²) >= 11 is 3.23. The van der Waals surface area contributed by atoms with E-state index in [1.54, 1.807) is 12.1 Å². The van der Waals surface area contributed by atoms with Gasteiger partial charge in [0, 0.05) is 18.1 Å². The van der Waals surface area contributed by atoms with Crippen molar-refractivity contribution in [2.45, 2.75) is 17.6 Å². The summed E-state index contributed by atoms with van der Waals surface area (Å²) in [6, 6.07) is 10.6. The molecule has 0 bridgehead atoms. The van der Waals surface area contributed by atoms with Gasteiger partial charge in [0.05, 0.1) is 10.5 Å². The van der Waals surface area contributed by atoms with E-state index < -0.39 is 21.8 Å². The Labute approximate surface area is 140 Å². The van der Waals surface area contributed by atoms with Crippen LogP contribution in [0.1, 0.15) is 11.1 Å².